The summed E-state index contributed by atoms with van der Waals surface area (Å²) < 4.78 is 0. The first-order chi connectivity index (χ1) is 9.25. The lowest BCUT2D eigenvalue weighted by Crippen LogP contribution is -2.30. The molecule has 1 aliphatic rings. The second-order valence-corrected chi connectivity index (χ2v) is 5.73. The van der Waals surface area contributed by atoms with E-state index in [0.29, 0.717) is 11.4 Å². The van der Waals surface area contributed by atoms with Crippen LogP contribution in [0, 0.1) is 0 Å². The van der Waals surface area contributed by atoms with Crippen LogP contribution in [0.5, 0.6) is 0 Å². The second-order valence-electron chi connectivity index (χ2n) is 5.29. The highest BCUT2D eigenvalue weighted by molar-refractivity contribution is 6.30. The first kappa shape index (κ1) is 14.5. The molecule has 3 heteroatoms. The third kappa shape index (κ3) is 4.96. The van der Waals surface area contributed by atoms with Gasteiger partial charge in [-0.3, -0.25) is 4.79 Å². The maximum Gasteiger partial charge on any atom is 0.162 e. The predicted molar refractivity (Wildman–Crippen MR) is 79.9 cm³/mol. The molecule has 0 bridgehead atoms. The Kier molecular flexibility index (Phi) is 5.87. The summed E-state index contributed by atoms with van der Waals surface area (Å²) in [6.45, 7) is 3.63. The summed E-state index contributed by atoms with van der Waals surface area (Å²) in [5.41, 5.74) is 0.780. The number of hydrogen-bond donors (Lipinski definition) is 0. The highest BCUT2D eigenvalue weighted by Gasteiger charge is 2.10. The molecule has 1 aromatic rings. The van der Waals surface area contributed by atoms with Gasteiger partial charge < -0.3 is 4.90 Å². The first-order valence-corrected chi connectivity index (χ1v) is 7.64. The summed E-state index contributed by atoms with van der Waals surface area (Å²) in [4.78, 5) is 14.5. The lowest BCUT2D eigenvalue weighted by molar-refractivity contribution is 0.0977. The Bertz CT molecular complexity index is 396. The maximum atomic E-state index is 12.0. The van der Waals surface area contributed by atoms with Gasteiger partial charge in [-0.2, -0.15) is 0 Å². The smallest absolute Gasteiger partial charge is 0.162 e. The van der Waals surface area contributed by atoms with Crippen molar-refractivity contribution in [2.75, 3.05) is 19.6 Å². The molecule has 104 valence electrons. The molecule has 0 radical (unpaired) electrons. The van der Waals surface area contributed by atoms with E-state index >= 15 is 0 Å². The Labute approximate surface area is 120 Å². The minimum absolute atomic E-state index is 0.232. The molecule has 0 unspecified atom stereocenters. The van der Waals surface area contributed by atoms with Crippen molar-refractivity contribution in [3.63, 3.8) is 0 Å². The topological polar surface area (TPSA) is 20.3 Å². The summed E-state index contributed by atoms with van der Waals surface area (Å²) >= 11 is 5.81. The molecule has 0 spiro atoms. The van der Waals surface area contributed by atoms with Gasteiger partial charge in [0.1, 0.15) is 0 Å². The third-order valence-electron chi connectivity index (χ3n) is 3.74. The Balaban J connectivity index is 1.64. The molecule has 0 atom stereocenters. The number of rotatable bonds is 6. The molecule has 0 saturated carbocycles. The van der Waals surface area contributed by atoms with Crippen LogP contribution in [0.3, 0.4) is 0 Å². The lowest BCUT2D eigenvalue weighted by atomic mass is 10.0. The standard InChI is InChI=1S/C16H22ClNO/c17-15-9-7-14(8-10-15)16(19)6-2-5-13-18-11-3-1-4-12-18/h7-10H,1-6,11-13H2. The summed E-state index contributed by atoms with van der Waals surface area (Å²) in [5.74, 6) is 0.232. The van der Waals surface area contributed by atoms with Crippen molar-refractivity contribution in [2.24, 2.45) is 0 Å². The number of Topliss-reactive ketones (excluding diaryl/α,β-unsaturated/α-hetero) is 1. The van der Waals surface area contributed by atoms with Gasteiger partial charge in [-0.25, -0.2) is 0 Å². The van der Waals surface area contributed by atoms with Crippen molar-refractivity contribution in [3.8, 4) is 0 Å². The van der Waals surface area contributed by atoms with Crippen molar-refractivity contribution >= 4 is 17.4 Å². The number of likely N-dealkylation sites (tertiary alicyclic amines) is 1. The van der Waals surface area contributed by atoms with Crippen molar-refractivity contribution < 1.29 is 4.79 Å². The number of halogens is 1. The number of benzene rings is 1. The van der Waals surface area contributed by atoms with Gasteiger partial charge in [-0.15, -0.1) is 0 Å². The minimum Gasteiger partial charge on any atom is -0.303 e. The molecule has 0 aromatic heterocycles. The van der Waals surface area contributed by atoms with Crippen molar-refractivity contribution in [2.45, 2.75) is 38.5 Å². The van der Waals surface area contributed by atoms with Gasteiger partial charge >= 0.3 is 0 Å². The predicted octanol–water partition coefficient (Wildman–Crippen LogP) is 4.18. The Morgan fingerprint density at radius 3 is 2.42 bits per heavy atom. The third-order valence-corrected chi connectivity index (χ3v) is 4.00. The highest BCUT2D eigenvalue weighted by Crippen LogP contribution is 2.13. The van der Waals surface area contributed by atoms with Crippen LogP contribution in [0.15, 0.2) is 24.3 Å². The fraction of sp³-hybridized carbons (Fsp3) is 0.562. The van der Waals surface area contributed by atoms with E-state index in [1.165, 1.54) is 32.4 Å². The summed E-state index contributed by atoms with van der Waals surface area (Å²) in [6, 6.07) is 7.19. The number of ketones is 1. The summed E-state index contributed by atoms with van der Waals surface area (Å²) in [6.07, 6.45) is 6.81. The average Bonchev–Trinajstić information content (AvgIpc) is 2.45. The van der Waals surface area contributed by atoms with Crippen molar-refractivity contribution in [3.05, 3.63) is 34.9 Å². The van der Waals surface area contributed by atoms with E-state index in [4.69, 9.17) is 11.6 Å². The van der Waals surface area contributed by atoms with E-state index in [2.05, 4.69) is 4.90 Å². The summed E-state index contributed by atoms with van der Waals surface area (Å²) in [5, 5.41) is 0.682. The molecule has 19 heavy (non-hydrogen) atoms. The zero-order valence-corrected chi connectivity index (χ0v) is 12.2. The maximum absolute atomic E-state index is 12.0. The van der Waals surface area contributed by atoms with Gasteiger partial charge in [0, 0.05) is 17.0 Å². The molecule has 1 saturated heterocycles. The molecule has 1 heterocycles. The number of carbonyl (C=O) groups excluding carboxylic acids is 1. The molecule has 2 nitrogen and oxygen atoms in total. The normalized spacial score (nSPS) is 16.5. The van der Waals surface area contributed by atoms with E-state index in [0.717, 1.165) is 24.9 Å². The van der Waals surface area contributed by atoms with Crippen LogP contribution in [-0.4, -0.2) is 30.3 Å². The van der Waals surface area contributed by atoms with Crippen molar-refractivity contribution in [1.82, 2.24) is 4.90 Å². The van der Waals surface area contributed by atoms with Crippen LogP contribution in [-0.2, 0) is 0 Å². The first-order valence-electron chi connectivity index (χ1n) is 7.27. The largest absolute Gasteiger partial charge is 0.303 e. The molecular weight excluding hydrogens is 258 g/mol. The number of unbranched alkanes of at least 4 members (excludes halogenated alkanes) is 1. The molecular formula is C16H22ClNO. The van der Waals surface area contributed by atoms with Crippen LogP contribution < -0.4 is 0 Å². The molecule has 1 fully saturated rings. The number of carbonyl (C=O) groups is 1. The van der Waals surface area contributed by atoms with Crippen LogP contribution in [0.25, 0.3) is 0 Å². The Morgan fingerprint density at radius 1 is 1.05 bits per heavy atom. The average molecular weight is 280 g/mol. The van der Waals surface area contributed by atoms with E-state index in [1.54, 1.807) is 12.1 Å². The molecule has 1 aromatic carbocycles. The van der Waals surface area contributed by atoms with E-state index in [-0.39, 0.29) is 5.78 Å². The molecule has 0 N–H and O–H groups in total. The van der Waals surface area contributed by atoms with Crippen LogP contribution in [0.2, 0.25) is 5.02 Å². The van der Waals surface area contributed by atoms with Gasteiger partial charge in [0.15, 0.2) is 5.78 Å². The van der Waals surface area contributed by atoms with Gasteiger partial charge in [-0.1, -0.05) is 18.0 Å². The highest BCUT2D eigenvalue weighted by atomic mass is 35.5. The Morgan fingerprint density at radius 2 is 1.74 bits per heavy atom. The molecule has 2 rings (SSSR count). The Hall–Kier alpha value is -0.860. The fourth-order valence-electron chi connectivity index (χ4n) is 2.58. The van der Waals surface area contributed by atoms with Crippen LogP contribution in [0.1, 0.15) is 48.9 Å². The zero-order valence-electron chi connectivity index (χ0n) is 11.4. The van der Waals surface area contributed by atoms with E-state index in [1.807, 2.05) is 12.1 Å². The van der Waals surface area contributed by atoms with Crippen LogP contribution in [0.4, 0.5) is 0 Å². The SMILES string of the molecule is O=C(CCCCN1CCCCC1)c1ccc(Cl)cc1. The summed E-state index contributed by atoms with van der Waals surface area (Å²) in [7, 11) is 0. The minimum atomic E-state index is 0.232. The fourth-order valence-corrected chi connectivity index (χ4v) is 2.71. The van der Waals surface area contributed by atoms with E-state index < -0.39 is 0 Å². The van der Waals surface area contributed by atoms with Gasteiger partial charge in [0.2, 0.25) is 0 Å². The van der Waals surface area contributed by atoms with Gasteiger partial charge in [0.25, 0.3) is 0 Å². The zero-order chi connectivity index (χ0) is 13.5. The second kappa shape index (κ2) is 7.66. The van der Waals surface area contributed by atoms with Gasteiger partial charge in [-0.05, 0) is 69.6 Å². The van der Waals surface area contributed by atoms with Crippen molar-refractivity contribution in [1.29, 1.82) is 0 Å². The lowest BCUT2D eigenvalue weighted by Gasteiger charge is -2.26. The van der Waals surface area contributed by atoms with E-state index in [9.17, 15) is 4.79 Å². The number of hydrogen-bond acceptors (Lipinski definition) is 2. The number of nitrogens with zero attached hydrogens (tertiary/aromatic N) is 1. The number of piperidine rings is 1. The molecule has 0 aliphatic carbocycles. The monoisotopic (exact) mass is 279 g/mol. The van der Waals surface area contributed by atoms with Gasteiger partial charge in [0.05, 0.1) is 0 Å². The molecule has 1 aliphatic heterocycles. The quantitative estimate of drug-likeness (QED) is 0.575. The van der Waals surface area contributed by atoms with Crippen LogP contribution >= 0.6 is 11.6 Å². The molecule has 0 amide bonds.